The molecule has 2 saturated heterocycles. The number of hydrogen-bond donors (Lipinski definition) is 1. The van der Waals surface area contributed by atoms with Crippen molar-refractivity contribution in [1.82, 2.24) is 14.5 Å². The fourth-order valence-electron chi connectivity index (χ4n) is 9.13. The standard InChI is InChI=1S/C40H52ClFN4O6S/c1-26-8-12-34(42)37(39(48)44(3)22-28-14-18-51-19-15-28)46-17-5-7-32(46)23-45-24-40(16-4-6-29-20-31(41)10-11-33(29)40)25-52-36-13-9-30(21-35(36)45)38(47)43-53(49,50)27(26)2/h9-13,20-21,26-28,32,37H,4-8,14-19,22-25H2,1-3H3,(H,43,47)/b34-12-/t26-,27+,32-,37+,40-/m0/s1. The summed E-state index contributed by atoms with van der Waals surface area (Å²) in [6.07, 6.45) is 7.47. The Morgan fingerprint density at radius 2 is 1.91 bits per heavy atom. The third kappa shape index (κ3) is 7.84. The number of benzene rings is 2. The number of amides is 2. The summed E-state index contributed by atoms with van der Waals surface area (Å²) >= 11 is 6.46. The van der Waals surface area contributed by atoms with Crippen molar-refractivity contribution in [3.8, 4) is 5.75 Å². The number of hydrogen-bond acceptors (Lipinski definition) is 8. The predicted octanol–water partition coefficient (Wildman–Crippen LogP) is 5.87. The molecule has 0 radical (unpaired) electrons. The van der Waals surface area contributed by atoms with Crippen LogP contribution in [0.25, 0.3) is 0 Å². The van der Waals surface area contributed by atoms with E-state index in [0.29, 0.717) is 62.5 Å². The van der Waals surface area contributed by atoms with E-state index in [1.807, 2.05) is 17.0 Å². The molecule has 2 bridgehead atoms. The van der Waals surface area contributed by atoms with Gasteiger partial charge >= 0.3 is 0 Å². The summed E-state index contributed by atoms with van der Waals surface area (Å²) in [5.74, 6) is -1.26. The Morgan fingerprint density at radius 1 is 1.11 bits per heavy atom. The van der Waals surface area contributed by atoms with Gasteiger partial charge in [0.25, 0.3) is 5.91 Å². The van der Waals surface area contributed by atoms with Gasteiger partial charge in [0.2, 0.25) is 15.9 Å². The van der Waals surface area contributed by atoms with Gasteiger partial charge in [-0.2, -0.15) is 0 Å². The van der Waals surface area contributed by atoms with Gasteiger partial charge in [-0.05, 0) is 118 Å². The number of anilines is 1. The Morgan fingerprint density at radius 3 is 2.70 bits per heavy atom. The van der Waals surface area contributed by atoms with Gasteiger partial charge in [-0.3, -0.25) is 14.5 Å². The lowest BCUT2D eigenvalue weighted by atomic mass is 9.70. The van der Waals surface area contributed by atoms with E-state index in [1.54, 1.807) is 37.1 Å². The van der Waals surface area contributed by atoms with Gasteiger partial charge in [0.05, 0.1) is 17.5 Å². The van der Waals surface area contributed by atoms with Crippen LogP contribution in [0.4, 0.5) is 10.1 Å². The van der Waals surface area contributed by atoms with E-state index in [-0.39, 0.29) is 29.9 Å². The SMILES string of the molecule is C[C@@H]1[C@@H](C)C/C=C(\F)[C@H](C(=O)N(C)CC2CCOCC2)N2CCC[C@H]2CN2C[C@@]3(CCCc4cc(Cl)ccc43)COc3ccc(cc32)C(=O)NS1(=O)=O. The van der Waals surface area contributed by atoms with Crippen LogP contribution in [0.5, 0.6) is 5.75 Å². The third-order valence-corrected chi connectivity index (χ3v) is 14.6. The number of fused-ring (bicyclic) bond motifs is 4. The average Bonchev–Trinajstić information content (AvgIpc) is 3.53. The van der Waals surface area contributed by atoms with Crippen molar-refractivity contribution < 1.29 is 31.9 Å². The Balaban J connectivity index is 1.31. The molecule has 2 amide bonds. The lowest BCUT2D eigenvalue weighted by molar-refractivity contribution is -0.136. The molecule has 4 aliphatic heterocycles. The molecule has 5 atom stereocenters. The Kier molecular flexibility index (Phi) is 11.2. The zero-order valence-electron chi connectivity index (χ0n) is 31.0. The summed E-state index contributed by atoms with van der Waals surface area (Å²) < 4.78 is 58.3. The van der Waals surface area contributed by atoms with Crippen LogP contribution >= 0.6 is 11.6 Å². The lowest BCUT2D eigenvalue weighted by Gasteiger charge is -2.42. The van der Waals surface area contributed by atoms with E-state index in [1.165, 1.54) is 24.1 Å². The summed E-state index contributed by atoms with van der Waals surface area (Å²) in [6, 6.07) is 9.81. The molecule has 2 aromatic carbocycles. The van der Waals surface area contributed by atoms with Crippen LogP contribution in [0.1, 0.15) is 80.3 Å². The number of rotatable bonds is 3. The van der Waals surface area contributed by atoms with E-state index >= 15 is 4.39 Å². The summed E-state index contributed by atoms with van der Waals surface area (Å²) in [4.78, 5) is 34.0. The highest BCUT2D eigenvalue weighted by Gasteiger charge is 2.45. The molecule has 2 fully saturated rings. The number of nitrogens with zero attached hydrogens (tertiary/aromatic N) is 3. The maximum absolute atomic E-state index is 16.8. The number of nitrogens with one attached hydrogen (secondary N) is 1. The van der Waals surface area contributed by atoms with Gasteiger partial charge < -0.3 is 19.3 Å². The number of allylic oxidation sites excluding steroid dienone is 1. The smallest absolute Gasteiger partial charge is 0.264 e. The van der Waals surface area contributed by atoms with Crippen molar-refractivity contribution >= 4 is 39.1 Å². The van der Waals surface area contributed by atoms with E-state index in [2.05, 4.69) is 15.7 Å². The predicted molar refractivity (Wildman–Crippen MR) is 204 cm³/mol. The number of likely N-dealkylation sites (N-methyl/N-ethyl adjacent to an activating group) is 1. The second-order valence-electron chi connectivity index (χ2n) is 16.0. The molecule has 13 heteroatoms. The van der Waals surface area contributed by atoms with Crippen molar-refractivity contribution in [2.45, 2.75) is 88.0 Å². The normalized spacial score (nSPS) is 30.6. The van der Waals surface area contributed by atoms with Gasteiger partial charge in [-0.15, -0.1) is 0 Å². The maximum atomic E-state index is 16.8. The third-order valence-electron chi connectivity index (χ3n) is 12.4. The minimum Gasteiger partial charge on any atom is -0.490 e. The zero-order chi connectivity index (χ0) is 37.5. The fraction of sp³-hybridized carbons (Fsp3) is 0.600. The number of ether oxygens (including phenoxy) is 2. The van der Waals surface area contributed by atoms with Crippen molar-refractivity contribution in [1.29, 1.82) is 0 Å². The molecule has 0 saturated carbocycles. The molecule has 10 nitrogen and oxygen atoms in total. The fourth-order valence-corrected chi connectivity index (χ4v) is 10.6. The van der Waals surface area contributed by atoms with E-state index in [4.69, 9.17) is 21.1 Å². The van der Waals surface area contributed by atoms with Gasteiger partial charge in [-0.1, -0.05) is 30.7 Å². The highest BCUT2D eigenvalue weighted by Crippen LogP contribution is 2.45. The monoisotopic (exact) mass is 770 g/mol. The van der Waals surface area contributed by atoms with Crippen LogP contribution in [0.3, 0.4) is 0 Å². The van der Waals surface area contributed by atoms with Gasteiger partial charge in [-0.25, -0.2) is 17.5 Å². The summed E-state index contributed by atoms with van der Waals surface area (Å²) in [6.45, 7) is 7.03. The van der Waals surface area contributed by atoms with Crippen molar-refractivity contribution in [2.75, 3.05) is 57.9 Å². The second-order valence-corrected chi connectivity index (χ2v) is 18.5. The van der Waals surface area contributed by atoms with E-state index in [0.717, 1.165) is 44.9 Å². The average molecular weight is 771 g/mol. The first-order valence-electron chi connectivity index (χ1n) is 19.2. The molecular weight excluding hydrogens is 719 g/mol. The van der Waals surface area contributed by atoms with Crippen LogP contribution < -0.4 is 14.4 Å². The number of sulfonamides is 1. The van der Waals surface area contributed by atoms with Gasteiger partial charge in [0.15, 0.2) is 0 Å². The van der Waals surface area contributed by atoms with E-state index in [9.17, 15) is 18.0 Å². The minimum absolute atomic E-state index is 0.0856. The van der Waals surface area contributed by atoms with E-state index < -0.39 is 44.4 Å². The Hall–Kier alpha value is -3.19. The van der Waals surface area contributed by atoms with Crippen LogP contribution in [-0.2, 0) is 31.4 Å². The molecule has 1 spiro atoms. The van der Waals surface area contributed by atoms with Crippen LogP contribution in [0.15, 0.2) is 48.3 Å². The number of halogens is 2. The maximum Gasteiger partial charge on any atom is 0.264 e. The highest BCUT2D eigenvalue weighted by atomic mass is 35.5. The number of carbonyl (C=O) groups excluding carboxylic acids is 2. The molecule has 1 aliphatic carbocycles. The Bertz CT molecular complexity index is 1850. The molecule has 7 rings (SSSR count). The second kappa shape index (κ2) is 15.5. The first-order chi connectivity index (χ1) is 25.3. The zero-order valence-corrected chi connectivity index (χ0v) is 32.6. The molecule has 53 heavy (non-hydrogen) atoms. The molecule has 288 valence electrons. The molecule has 4 heterocycles. The molecule has 5 aliphatic rings. The summed E-state index contributed by atoms with van der Waals surface area (Å²) in [5, 5.41) is -0.319. The van der Waals surface area contributed by atoms with Crippen molar-refractivity contribution in [3.63, 3.8) is 0 Å². The summed E-state index contributed by atoms with van der Waals surface area (Å²) in [5.41, 5.74) is 2.85. The van der Waals surface area contributed by atoms with Crippen LogP contribution in [0.2, 0.25) is 5.02 Å². The van der Waals surface area contributed by atoms with Gasteiger partial charge in [0.1, 0.15) is 17.6 Å². The Labute approximate surface area is 318 Å². The molecule has 0 aromatic heterocycles. The largest absolute Gasteiger partial charge is 0.490 e. The molecule has 0 unspecified atom stereocenters. The van der Waals surface area contributed by atoms with Crippen LogP contribution in [-0.4, -0.2) is 100 Å². The first-order valence-corrected chi connectivity index (χ1v) is 21.1. The first kappa shape index (κ1) is 38.1. The number of carbonyl (C=O) groups is 2. The molecule has 1 N–H and O–H groups in total. The van der Waals surface area contributed by atoms with Crippen LogP contribution in [0, 0.1) is 11.8 Å². The molecular formula is C40H52ClFN4O6S. The lowest BCUT2D eigenvalue weighted by Crippen LogP contribution is -2.54. The quantitative estimate of drug-likeness (QED) is 0.413. The van der Waals surface area contributed by atoms with Gasteiger partial charge in [0, 0.05) is 61.9 Å². The highest BCUT2D eigenvalue weighted by molar-refractivity contribution is 7.90. The van der Waals surface area contributed by atoms with Crippen molar-refractivity contribution in [2.24, 2.45) is 11.8 Å². The minimum atomic E-state index is -4.13. The summed E-state index contributed by atoms with van der Waals surface area (Å²) in [7, 11) is -2.37. The number of aryl methyl sites for hydroxylation is 1. The molecule has 2 aromatic rings. The van der Waals surface area contributed by atoms with Crippen molar-refractivity contribution in [3.05, 3.63) is 70.0 Å². The topological polar surface area (TPSA) is 108 Å².